The molecular formula is C11H15FO. The predicted molar refractivity (Wildman–Crippen MR) is 50.9 cm³/mol. The van der Waals surface area contributed by atoms with Gasteiger partial charge in [-0.2, -0.15) is 0 Å². The summed E-state index contributed by atoms with van der Waals surface area (Å²) in [7, 11) is 0. The van der Waals surface area contributed by atoms with E-state index in [-0.39, 0.29) is 11.7 Å². The number of aryl methyl sites for hydroxylation is 1. The Hall–Kier alpha value is -0.890. The van der Waals surface area contributed by atoms with E-state index in [1.165, 1.54) is 12.1 Å². The molecule has 13 heavy (non-hydrogen) atoms. The molecule has 0 aliphatic rings. The van der Waals surface area contributed by atoms with E-state index in [1.807, 2.05) is 20.8 Å². The van der Waals surface area contributed by atoms with Crippen molar-refractivity contribution in [2.75, 3.05) is 0 Å². The van der Waals surface area contributed by atoms with Crippen LogP contribution in [0.3, 0.4) is 0 Å². The van der Waals surface area contributed by atoms with Crippen LogP contribution < -0.4 is 0 Å². The Morgan fingerprint density at radius 2 is 1.92 bits per heavy atom. The molecular weight excluding hydrogens is 167 g/mol. The van der Waals surface area contributed by atoms with Crippen LogP contribution in [0.2, 0.25) is 0 Å². The molecule has 1 unspecified atom stereocenters. The van der Waals surface area contributed by atoms with Gasteiger partial charge in [0, 0.05) is 0 Å². The predicted octanol–water partition coefficient (Wildman–Crippen LogP) is 2.82. The molecule has 0 bridgehead atoms. The van der Waals surface area contributed by atoms with Crippen molar-refractivity contribution in [2.45, 2.75) is 26.9 Å². The highest BCUT2D eigenvalue weighted by Gasteiger charge is 2.14. The van der Waals surface area contributed by atoms with E-state index in [0.717, 1.165) is 5.56 Å². The quantitative estimate of drug-likeness (QED) is 0.745. The van der Waals surface area contributed by atoms with Crippen LogP contribution in [0.1, 0.15) is 31.1 Å². The van der Waals surface area contributed by atoms with Crippen LogP contribution in [-0.2, 0) is 0 Å². The molecule has 0 aliphatic heterocycles. The summed E-state index contributed by atoms with van der Waals surface area (Å²) in [5, 5.41) is 9.74. The third kappa shape index (κ3) is 2.28. The molecule has 0 spiro atoms. The van der Waals surface area contributed by atoms with Crippen LogP contribution in [0.15, 0.2) is 18.2 Å². The topological polar surface area (TPSA) is 20.2 Å². The minimum atomic E-state index is -0.573. The zero-order valence-electron chi connectivity index (χ0n) is 8.21. The van der Waals surface area contributed by atoms with Crippen LogP contribution >= 0.6 is 0 Å². The second kappa shape index (κ2) is 3.88. The van der Waals surface area contributed by atoms with Crippen LogP contribution in [0, 0.1) is 18.7 Å². The molecule has 1 atom stereocenters. The average molecular weight is 182 g/mol. The molecule has 0 aromatic heterocycles. The first-order chi connectivity index (χ1) is 6.02. The maximum atomic E-state index is 12.9. The standard InChI is InChI=1S/C11H15FO/c1-7(2)11(13)10-6-9(12)5-4-8(10)3/h4-7,11,13H,1-3H3. The molecule has 0 aliphatic carbocycles. The van der Waals surface area contributed by atoms with Gasteiger partial charge in [-0.3, -0.25) is 0 Å². The molecule has 0 saturated heterocycles. The molecule has 1 rings (SSSR count). The minimum absolute atomic E-state index is 0.112. The van der Waals surface area contributed by atoms with Crippen molar-refractivity contribution < 1.29 is 9.50 Å². The van der Waals surface area contributed by atoms with Crippen molar-refractivity contribution >= 4 is 0 Å². The van der Waals surface area contributed by atoms with Gasteiger partial charge in [0.1, 0.15) is 5.82 Å². The molecule has 72 valence electrons. The van der Waals surface area contributed by atoms with Gasteiger partial charge >= 0.3 is 0 Å². The minimum Gasteiger partial charge on any atom is -0.388 e. The SMILES string of the molecule is Cc1ccc(F)cc1C(O)C(C)C. The molecule has 2 heteroatoms. The molecule has 1 aromatic rings. The second-order valence-electron chi connectivity index (χ2n) is 3.69. The van der Waals surface area contributed by atoms with Crippen molar-refractivity contribution in [3.8, 4) is 0 Å². The molecule has 0 saturated carbocycles. The Bertz CT molecular complexity index is 294. The van der Waals surface area contributed by atoms with E-state index in [2.05, 4.69) is 0 Å². The summed E-state index contributed by atoms with van der Waals surface area (Å²) in [6.07, 6.45) is -0.573. The Morgan fingerprint density at radius 3 is 2.46 bits per heavy atom. The third-order valence-electron chi connectivity index (χ3n) is 2.19. The number of rotatable bonds is 2. The normalized spacial score (nSPS) is 13.4. The summed E-state index contributed by atoms with van der Waals surface area (Å²) in [6.45, 7) is 5.70. The lowest BCUT2D eigenvalue weighted by molar-refractivity contribution is 0.126. The Kier molecular flexibility index (Phi) is 3.04. The second-order valence-corrected chi connectivity index (χ2v) is 3.69. The van der Waals surface area contributed by atoms with Gasteiger partial charge in [-0.1, -0.05) is 19.9 Å². The monoisotopic (exact) mass is 182 g/mol. The van der Waals surface area contributed by atoms with Gasteiger partial charge in [0.05, 0.1) is 6.10 Å². The van der Waals surface area contributed by atoms with Crippen molar-refractivity contribution in [1.29, 1.82) is 0 Å². The number of hydrogen-bond acceptors (Lipinski definition) is 1. The summed E-state index contributed by atoms with van der Waals surface area (Å²) in [4.78, 5) is 0. The highest BCUT2D eigenvalue weighted by Crippen LogP contribution is 2.24. The van der Waals surface area contributed by atoms with E-state index >= 15 is 0 Å². The van der Waals surface area contributed by atoms with Crippen LogP contribution in [0.25, 0.3) is 0 Å². The summed E-state index contributed by atoms with van der Waals surface area (Å²) < 4.78 is 12.9. The fraction of sp³-hybridized carbons (Fsp3) is 0.455. The van der Waals surface area contributed by atoms with E-state index in [0.29, 0.717) is 5.56 Å². The van der Waals surface area contributed by atoms with Crippen molar-refractivity contribution in [3.63, 3.8) is 0 Å². The lowest BCUT2D eigenvalue weighted by Gasteiger charge is -2.16. The van der Waals surface area contributed by atoms with Gasteiger partial charge in [-0.25, -0.2) is 4.39 Å². The maximum absolute atomic E-state index is 12.9. The molecule has 0 fully saturated rings. The molecule has 0 amide bonds. The Labute approximate surface area is 78.2 Å². The molecule has 1 nitrogen and oxygen atoms in total. The van der Waals surface area contributed by atoms with Crippen LogP contribution in [0.5, 0.6) is 0 Å². The highest BCUT2D eigenvalue weighted by atomic mass is 19.1. The van der Waals surface area contributed by atoms with Gasteiger partial charge in [0.25, 0.3) is 0 Å². The van der Waals surface area contributed by atoms with Gasteiger partial charge in [0.15, 0.2) is 0 Å². The zero-order valence-corrected chi connectivity index (χ0v) is 8.21. The van der Waals surface area contributed by atoms with Crippen molar-refractivity contribution in [1.82, 2.24) is 0 Å². The molecule has 1 N–H and O–H groups in total. The number of hydrogen-bond donors (Lipinski definition) is 1. The summed E-state index contributed by atoms with van der Waals surface area (Å²) in [5.74, 6) is -0.180. The highest BCUT2D eigenvalue weighted by molar-refractivity contribution is 5.28. The fourth-order valence-electron chi connectivity index (χ4n) is 1.29. The van der Waals surface area contributed by atoms with Gasteiger partial charge in [-0.15, -0.1) is 0 Å². The van der Waals surface area contributed by atoms with Crippen LogP contribution in [0.4, 0.5) is 4.39 Å². The number of benzene rings is 1. The zero-order chi connectivity index (χ0) is 10.0. The first kappa shape index (κ1) is 10.2. The maximum Gasteiger partial charge on any atom is 0.123 e. The van der Waals surface area contributed by atoms with E-state index < -0.39 is 6.10 Å². The largest absolute Gasteiger partial charge is 0.388 e. The summed E-state index contributed by atoms with van der Waals surface area (Å²) in [5.41, 5.74) is 1.62. The summed E-state index contributed by atoms with van der Waals surface area (Å²) in [6, 6.07) is 4.50. The van der Waals surface area contributed by atoms with Crippen molar-refractivity contribution in [2.24, 2.45) is 5.92 Å². The van der Waals surface area contributed by atoms with Gasteiger partial charge in [-0.05, 0) is 36.1 Å². The first-order valence-corrected chi connectivity index (χ1v) is 4.46. The molecule has 0 radical (unpaired) electrons. The van der Waals surface area contributed by atoms with E-state index in [9.17, 15) is 9.50 Å². The smallest absolute Gasteiger partial charge is 0.123 e. The van der Waals surface area contributed by atoms with Crippen LogP contribution in [-0.4, -0.2) is 5.11 Å². The Balaban J connectivity index is 3.05. The van der Waals surface area contributed by atoms with E-state index in [1.54, 1.807) is 6.07 Å². The molecule has 0 heterocycles. The Morgan fingerprint density at radius 1 is 1.31 bits per heavy atom. The lowest BCUT2D eigenvalue weighted by atomic mass is 9.95. The van der Waals surface area contributed by atoms with Crippen molar-refractivity contribution in [3.05, 3.63) is 35.1 Å². The summed E-state index contributed by atoms with van der Waals surface area (Å²) >= 11 is 0. The third-order valence-corrected chi connectivity index (χ3v) is 2.19. The lowest BCUT2D eigenvalue weighted by Crippen LogP contribution is -2.07. The van der Waals surface area contributed by atoms with Gasteiger partial charge < -0.3 is 5.11 Å². The van der Waals surface area contributed by atoms with Gasteiger partial charge in [0.2, 0.25) is 0 Å². The number of halogens is 1. The number of aliphatic hydroxyl groups excluding tert-OH is 1. The first-order valence-electron chi connectivity index (χ1n) is 4.46. The number of aliphatic hydroxyl groups is 1. The van der Waals surface area contributed by atoms with E-state index in [4.69, 9.17) is 0 Å². The molecule has 1 aromatic carbocycles. The average Bonchev–Trinajstić information content (AvgIpc) is 2.08. The fourth-order valence-corrected chi connectivity index (χ4v) is 1.29.